The molecule has 0 bridgehead atoms. The van der Waals surface area contributed by atoms with E-state index in [1.807, 2.05) is 37.2 Å². The molecule has 2 heterocycles. The van der Waals surface area contributed by atoms with Crippen LogP contribution in [0.15, 0.2) is 48.8 Å². The fourth-order valence-electron chi connectivity index (χ4n) is 3.99. The van der Waals surface area contributed by atoms with Crippen molar-refractivity contribution in [1.82, 2.24) is 20.3 Å². The Morgan fingerprint density at radius 2 is 1.87 bits per heavy atom. The third-order valence-corrected chi connectivity index (χ3v) is 5.66. The molecule has 156 valence electrons. The number of nitrogens with zero attached hydrogens (tertiary/aromatic N) is 4. The molecule has 0 atom stereocenters. The molecule has 0 spiro atoms. The topological polar surface area (TPSA) is 83.0 Å². The van der Waals surface area contributed by atoms with Gasteiger partial charge in [-0.2, -0.15) is 4.98 Å². The van der Waals surface area contributed by atoms with E-state index in [-0.39, 0.29) is 5.91 Å². The van der Waals surface area contributed by atoms with Crippen molar-refractivity contribution < 1.29 is 4.79 Å². The van der Waals surface area contributed by atoms with Gasteiger partial charge in [0.1, 0.15) is 5.82 Å². The van der Waals surface area contributed by atoms with E-state index in [1.54, 1.807) is 24.5 Å². The van der Waals surface area contributed by atoms with Crippen molar-refractivity contribution >= 4 is 28.6 Å². The number of carbonyl (C=O) groups excluding carboxylic acids is 1. The van der Waals surface area contributed by atoms with E-state index in [0.29, 0.717) is 30.0 Å². The van der Waals surface area contributed by atoms with Crippen LogP contribution in [-0.4, -0.2) is 47.5 Å². The van der Waals surface area contributed by atoms with Gasteiger partial charge in [-0.05, 0) is 55.9 Å². The third kappa shape index (κ3) is 4.67. The van der Waals surface area contributed by atoms with Gasteiger partial charge in [0.15, 0.2) is 0 Å². The molecular formula is C23H28N6O. The summed E-state index contributed by atoms with van der Waals surface area (Å²) < 4.78 is 0. The number of amides is 1. The minimum atomic E-state index is -0.0517. The van der Waals surface area contributed by atoms with Gasteiger partial charge in [0.05, 0.1) is 11.1 Å². The first-order chi connectivity index (χ1) is 14.6. The van der Waals surface area contributed by atoms with Crippen molar-refractivity contribution in [2.75, 3.05) is 30.9 Å². The zero-order valence-electron chi connectivity index (χ0n) is 17.5. The fourth-order valence-corrected chi connectivity index (χ4v) is 3.99. The number of nitrogens with one attached hydrogen (secondary N) is 2. The highest BCUT2D eigenvalue weighted by atomic mass is 16.1. The highest BCUT2D eigenvalue weighted by Crippen LogP contribution is 2.28. The second kappa shape index (κ2) is 9.07. The van der Waals surface area contributed by atoms with Crippen LogP contribution in [0.3, 0.4) is 0 Å². The van der Waals surface area contributed by atoms with Gasteiger partial charge in [0.2, 0.25) is 5.95 Å². The van der Waals surface area contributed by atoms with Crippen LogP contribution in [0.2, 0.25) is 0 Å². The molecule has 1 aromatic carbocycles. The summed E-state index contributed by atoms with van der Waals surface area (Å²) in [4.78, 5) is 27.7. The molecule has 2 N–H and O–H groups in total. The monoisotopic (exact) mass is 404 g/mol. The molecule has 3 aromatic rings. The Morgan fingerprint density at radius 1 is 1.07 bits per heavy atom. The van der Waals surface area contributed by atoms with Gasteiger partial charge in [-0.15, -0.1) is 0 Å². The fraction of sp³-hybridized carbons (Fsp3) is 0.391. The van der Waals surface area contributed by atoms with Crippen molar-refractivity contribution in [1.29, 1.82) is 0 Å². The molecule has 0 saturated heterocycles. The van der Waals surface area contributed by atoms with Crippen LogP contribution in [0.5, 0.6) is 0 Å². The number of pyridine rings is 1. The first-order valence-electron chi connectivity index (χ1n) is 10.5. The van der Waals surface area contributed by atoms with Crippen LogP contribution in [0.25, 0.3) is 10.9 Å². The summed E-state index contributed by atoms with van der Waals surface area (Å²) in [5.74, 6) is 2.06. The minimum absolute atomic E-state index is 0.0517. The summed E-state index contributed by atoms with van der Waals surface area (Å²) in [5, 5.41) is 7.64. The molecule has 1 saturated carbocycles. The maximum absolute atomic E-state index is 12.2. The largest absolute Gasteiger partial charge is 0.362 e. The summed E-state index contributed by atoms with van der Waals surface area (Å²) in [6.07, 6.45) is 7.49. The molecular weight excluding hydrogens is 376 g/mol. The van der Waals surface area contributed by atoms with E-state index in [4.69, 9.17) is 9.97 Å². The summed E-state index contributed by atoms with van der Waals surface area (Å²) in [5.41, 5.74) is 1.56. The zero-order chi connectivity index (χ0) is 20.9. The van der Waals surface area contributed by atoms with Crippen molar-refractivity contribution in [3.8, 4) is 0 Å². The van der Waals surface area contributed by atoms with Gasteiger partial charge in [0, 0.05) is 44.5 Å². The lowest BCUT2D eigenvalue weighted by molar-refractivity contribution is 0.0943. The Morgan fingerprint density at radius 3 is 2.60 bits per heavy atom. The molecule has 0 aliphatic heterocycles. The van der Waals surface area contributed by atoms with E-state index in [2.05, 4.69) is 21.7 Å². The van der Waals surface area contributed by atoms with Crippen molar-refractivity contribution in [3.05, 3.63) is 54.4 Å². The Bertz CT molecular complexity index is 999. The van der Waals surface area contributed by atoms with Gasteiger partial charge in [-0.1, -0.05) is 12.1 Å². The van der Waals surface area contributed by atoms with Crippen LogP contribution >= 0.6 is 0 Å². The van der Waals surface area contributed by atoms with Gasteiger partial charge < -0.3 is 15.5 Å². The first kappa shape index (κ1) is 20.1. The smallest absolute Gasteiger partial charge is 0.252 e. The number of hydrogen-bond donors (Lipinski definition) is 2. The molecule has 0 radical (unpaired) electrons. The van der Waals surface area contributed by atoms with Crippen molar-refractivity contribution in [3.63, 3.8) is 0 Å². The Hall–Kier alpha value is -3.22. The van der Waals surface area contributed by atoms with Crippen LogP contribution in [0, 0.1) is 5.92 Å². The number of aromatic nitrogens is 3. The number of anilines is 2. The summed E-state index contributed by atoms with van der Waals surface area (Å²) in [7, 11) is 4.01. The van der Waals surface area contributed by atoms with E-state index in [0.717, 1.165) is 42.4 Å². The zero-order valence-corrected chi connectivity index (χ0v) is 17.5. The number of para-hydroxylation sites is 1. The molecule has 7 nitrogen and oxygen atoms in total. The lowest BCUT2D eigenvalue weighted by atomic mass is 9.86. The standard InChI is InChI=1S/C23H28N6O/c1-29(2)21-19-7-3-4-8-20(19)27-23(28-21)26-18-11-9-16(10-12-18)14-25-22(30)17-6-5-13-24-15-17/h3-8,13,15-16,18H,9-12,14H2,1-2H3,(H,25,30)(H,26,27,28). The van der Waals surface area contributed by atoms with E-state index in [9.17, 15) is 4.79 Å². The predicted octanol–water partition coefficient (Wildman–Crippen LogP) is 3.49. The lowest BCUT2D eigenvalue weighted by Gasteiger charge is -2.29. The minimum Gasteiger partial charge on any atom is -0.362 e. The number of benzene rings is 1. The van der Waals surface area contributed by atoms with Crippen LogP contribution in [-0.2, 0) is 0 Å². The molecule has 1 aliphatic rings. The Labute approximate surface area is 176 Å². The Kier molecular flexibility index (Phi) is 6.07. The van der Waals surface area contributed by atoms with Crippen molar-refractivity contribution in [2.24, 2.45) is 5.92 Å². The van der Waals surface area contributed by atoms with E-state index < -0.39 is 0 Å². The highest BCUT2D eigenvalue weighted by molar-refractivity contribution is 5.93. The van der Waals surface area contributed by atoms with Gasteiger partial charge in [-0.3, -0.25) is 9.78 Å². The van der Waals surface area contributed by atoms with Crippen molar-refractivity contribution in [2.45, 2.75) is 31.7 Å². The number of hydrogen-bond acceptors (Lipinski definition) is 6. The second-order valence-corrected chi connectivity index (χ2v) is 8.10. The molecule has 7 heteroatoms. The predicted molar refractivity (Wildman–Crippen MR) is 120 cm³/mol. The average molecular weight is 405 g/mol. The number of fused-ring (bicyclic) bond motifs is 1. The maximum atomic E-state index is 12.2. The first-order valence-corrected chi connectivity index (χ1v) is 10.5. The molecule has 1 fully saturated rings. The van der Waals surface area contributed by atoms with Gasteiger partial charge in [-0.25, -0.2) is 4.98 Å². The summed E-state index contributed by atoms with van der Waals surface area (Å²) >= 11 is 0. The molecule has 1 aliphatic carbocycles. The molecule has 1 amide bonds. The average Bonchev–Trinajstić information content (AvgIpc) is 2.78. The summed E-state index contributed by atoms with van der Waals surface area (Å²) in [6.45, 7) is 0.706. The molecule has 0 unspecified atom stereocenters. The van der Waals surface area contributed by atoms with E-state index in [1.165, 1.54) is 0 Å². The molecule has 2 aromatic heterocycles. The third-order valence-electron chi connectivity index (χ3n) is 5.66. The maximum Gasteiger partial charge on any atom is 0.252 e. The second-order valence-electron chi connectivity index (χ2n) is 8.10. The van der Waals surface area contributed by atoms with Crippen LogP contribution in [0.1, 0.15) is 36.0 Å². The van der Waals surface area contributed by atoms with Crippen LogP contribution in [0.4, 0.5) is 11.8 Å². The quantitative estimate of drug-likeness (QED) is 0.654. The molecule has 4 rings (SSSR count). The summed E-state index contributed by atoms with van der Waals surface area (Å²) in [6, 6.07) is 12.0. The highest BCUT2D eigenvalue weighted by Gasteiger charge is 2.23. The normalized spacial score (nSPS) is 18.7. The van der Waals surface area contributed by atoms with Gasteiger partial charge in [0.25, 0.3) is 5.91 Å². The van der Waals surface area contributed by atoms with Gasteiger partial charge >= 0.3 is 0 Å². The van der Waals surface area contributed by atoms with Crippen LogP contribution < -0.4 is 15.5 Å². The van der Waals surface area contributed by atoms with E-state index >= 15 is 0 Å². The lowest BCUT2D eigenvalue weighted by Crippen LogP contribution is -2.34. The SMILES string of the molecule is CN(C)c1nc(NC2CCC(CNC(=O)c3cccnc3)CC2)nc2ccccc12. The number of rotatable bonds is 6. The Balaban J connectivity index is 1.32. The number of carbonyl (C=O) groups is 1. The molecule has 30 heavy (non-hydrogen) atoms.